The first-order chi connectivity index (χ1) is 22.7. The molecule has 4 rings (SSSR count). The van der Waals surface area contributed by atoms with Gasteiger partial charge in [-0.3, -0.25) is 24.3 Å². The number of H-pyrrole nitrogens is 2. The molecule has 0 saturated carbocycles. The van der Waals surface area contributed by atoms with Crippen molar-refractivity contribution in [2.45, 2.75) is 77.9 Å². The summed E-state index contributed by atoms with van der Waals surface area (Å²) < 4.78 is 52.3. The van der Waals surface area contributed by atoms with Crippen molar-refractivity contribution in [3.8, 4) is 5.75 Å². The number of rotatable bonds is 9. The highest BCUT2D eigenvalue weighted by atomic mass is 19.4. The first kappa shape index (κ1) is 36.3. The molecular formula is C33H37F3N7O6+. The third-order valence-electron chi connectivity index (χ3n) is 6.58. The summed E-state index contributed by atoms with van der Waals surface area (Å²) in [5.41, 5.74) is 3.66. The van der Waals surface area contributed by atoms with Crippen LogP contribution in [0.4, 0.5) is 24.8 Å². The van der Waals surface area contributed by atoms with Crippen molar-refractivity contribution in [2.24, 2.45) is 0 Å². The van der Waals surface area contributed by atoms with Crippen LogP contribution < -0.4 is 31.2 Å². The Kier molecular flexibility index (Phi) is 10.3. The summed E-state index contributed by atoms with van der Waals surface area (Å²) >= 11 is 0. The van der Waals surface area contributed by atoms with Crippen LogP contribution >= 0.6 is 0 Å². The van der Waals surface area contributed by atoms with Gasteiger partial charge in [-0.2, -0.15) is 13.2 Å². The smallest absolute Gasteiger partial charge is 0.471 e. The van der Waals surface area contributed by atoms with Crippen LogP contribution in [0.5, 0.6) is 5.75 Å². The molecule has 0 bridgehead atoms. The molecule has 0 fully saturated rings. The predicted octanol–water partition coefficient (Wildman–Crippen LogP) is 3.67. The van der Waals surface area contributed by atoms with E-state index in [0.29, 0.717) is 16.2 Å². The van der Waals surface area contributed by atoms with Crippen LogP contribution in [0.25, 0.3) is 11.2 Å². The number of hydrogen-bond donors (Lipinski definition) is 3. The lowest BCUT2D eigenvalue weighted by Crippen LogP contribution is -2.45. The molecule has 2 aromatic carbocycles. The maximum absolute atomic E-state index is 13.7. The van der Waals surface area contributed by atoms with Gasteiger partial charge >= 0.3 is 29.6 Å². The number of carbonyl (C=O) groups is 3. The van der Waals surface area contributed by atoms with Gasteiger partial charge in [-0.1, -0.05) is 12.1 Å². The minimum atomic E-state index is -5.26. The lowest BCUT2D eigenvalue weighted by molar-refractivity contribution is -0.349. The van der Waals surface area contributed by atoms with Crippen LogP contribution in [0.1, 0.15) is 63.2 Å². The van der Waals surface area contributed by atoms with Crippen LogP contribution in [0, 0.1) is 0 Å². The zero-order valence-electron chi connectivity index (χ0n) is 27.7. The Morgan fingerprint density at radius 2 is 1.71 bits per heavy atom. The van der Waals surface area contributed by atoms with Gasteiger partial charge < -0.3 is 20.5 Å². The molecule has 4 aromatic rings. The number of ether oxygens (including phenoxy) is 2. The number of hydrogen-bond acceptors (Lipinski definition) is 9. The first-order valence-electron chi connectivity index (χ1n) is 15.1. The average Bonchev–Trinajstić information content (AvgIpc) is 2.98. The van der Waals surface area contributed by atoms with E-state index in [4.69, 9.17) is 15.2 Å². The molecule has 49 heavy (non-hydrogen) atoms. The molecule has 5 N–H and O–H groups in total. The van der Waals surface area contributed by atoms with Crippen molar-refractivity contribution in [2.75, 3.05) is 10.6 Å². The quantitative estimate of drug-likeness (QED) is 0.219. The number of nitrogens with one attached hydrogen (secondary N) is 3. The molecule has 0 radical (unpaired) electrons. The zero-order valence-corrected chi connectivity index (χ0v) is 27.7. The number of carbonyl (C=O) groups excluding carboxylic acids is 3. The second kappa shape index (κ2) is 13.9. The Hall–Kier alpha value is -5.54. The van der Waals surface area contributed by atoms with E-state index in [9.17, 15) is 32.3 Å². The lowest BCUT2D eigenvalue weighted by Gasteiger charge is -2.25. The number of alkyl halides is 3. The molecule has 0 aliphatic rings. The number of nitrogens with two attached hydrogens (primary N) is 1. The van der Waals surface area contributed by atoms with Gasteiger partial charge in [-0.15, -0.1) is 0 Å². The van der Waals surface area contributed by atoms with Gasteiger partial charge in [-0.25, -0.2) is 14.8 Å². The van der Waals surface area contributed by atoms with E-state index in [1.807, 2.05) is 20.8 Å². The molecule has 2 amide bonds. The molecule has 2 aromatic heterocycles. The Morgan fingerprint density at radius 3 is 2.29 bits per heavy atom. The van der Waals surface area contributed by atoms with E-state index < -0.39 is 53.3 Å². The number of esters is 1. The van der Waals surface area contributed by atoms with Crippen LogP contribution in [0.15, 0.2) is 59.5 Å². The molecule has 13 nitrogen and oxygen atoms in total. The van der Waals surface area contributed by atoms with E-state index in [1.165, 1.54) is 18.3 Å². The number of aromatic amines is 2. The van der Waals surface area contributed by atoms with Crippen LogP contribution in [0.3, 0.4) is 0 Å². The standard InChI is InChI=1S/C33H36F3N7O6/c1-31(2,3)48-22-13-7-18(8-14-22)15-23(28(46)49-32(4,5)6)40-26(44)19-9-11-21(12-10-19)43(29(47)33(34,35)36)17-20-16-38-25-24(39-20)27(45)42-30(37)41-25/h7-14,16,23H,15,17H2,1-6H3,(H,40,44)(H3,37,38,41,42,45)/p+1/t23-/m0/s1/i7+2,8+2,13+2,14+2,15+2,18+2,22+2,23+2,28+2. The van der Waals surface area contributed by atoms with Gasteiger partial charge in [0, 0.05) is 17.7 Å². The minimum absolute atomic E-state index is 0.00185. The van der Waals surface area contributed by atoms with Crippen molar-refractivity contribution in [1.29, 1.82) is 0 Å². The maximum Gasteiger partial charge on any atom is 0.471 e. The molecule has 260 valence electrons. The molecule has 0 aliphatic carbocycles. The lowest BCUT2D eigenvalue weighted by atomic mass is 10.1. The number of amides is 2. The summed E-state index contributed by atoms with van der Waals surface area (Å²) in [5, 5.41) is 2.65. The summed E-state index contributed by atoms with van der Waals surface area (Å²) in [6.45, 7) is 10.1. The van der Waals surface area contributed by atoms with Crippen molar-refractivity contribution in [3.63, 3.8) is 0 Å². The number of aromatic nitrogens is 4. The summed E-state index contributed by atoms with van der Waals surface area (Å²) in [6, 6.07) is 10.6. The number of benzene rings is 2. The molecule has 1 atom stereocenters. The van der Waals surface area contributed by atoms with Crippen LogP contribution in [0.2, 0.25) is 0 Å². The normalized spacial score (nSPS) is 12.7. The van der Waals surface area contributed by atoms with E-state index >= 15 is 0 Å². The van der Waals surface area contributed by atoms with Crippen molar-refractivity contribution >= 4 is 40.6 Å². The highest BCUT2D eigenvalue weighted by Gasteiger charge is 2.43. The largest absolute Gasteiger partial charge is 0.488 e. The summed E-state index contributed by atoms with van der Waals surface area (Å²) in [5.74, 6) is -3.18. The molecule has 0 unspecified atom stereocenters. The van der Waals surface area contributed by atoms with Crippen molar-refractivity contribution in [3.05, 3.63) is 81.9 Å². The predicted molar refractivity (Wildman–Crippen MR) is 172 cm³/mol. The highest BCUT2D eigenvalue weighted by Crippen LogP contribution is 2.26. The summed E-state index contributed by atoms with van der Waals surface area (Å²) in [4.78, 5) is 64.4. The van der Waals surface area contributed by atoms with E-state index in [0.717, 1.165) is 12.1 Å². The minimum Gasteiger partial charge on any atom is -0.488 e. The average molecular weight is 703 g/mol. The number of anilines is 2. The second-order valence-corrected chi connectivity index (χ2v) is 13.1. The van der Waals surface area contributed by atoms with E-state index in [2.05, 4.69) is 25.3 Å². The molecular weight excluding hydrogens is 665 g/mol. The van der Waals surface area contributed by atoms with Crippen molar-refractivity contribution in [1.82, 2.24) is 20.3 Å². The monoisotopic (exact) mass is 702 g/mol. The number of nitrogen functional groups attached to an aromatic ring is 1. The SMILES string of the molecule is CC(C)(C)O[14C](=O)[14C@H]([14CH2][14c]1[14cH][14cH][14c](OC(C)(C)C)[14cH][14cH]1)NC(=O)c1ccc(N(Cc2c[nH+]c3nc(N)[nH]c(=O)c3n2)C(=O)C(F)(F)F)cc1. The Morgan fingerprint density at radius 1 is 1.08 bits per heavy atom. The van der Waals surface area contributed by atoms with E-state index in [1.54, 1.807) is 45.0 Å². The molecule has 2 heterocycles. The number of nitrogens with zero attached hydrogens (tertiary/aromatic N) is 3. The molecule has 0 aliphatic heterocycles. The van der Waals surface area contributed by atoms with Gasteiger partial charge in [0.15, 0.2) is 0 Å². The molecule has 0 saturated heterocycles. The topological polar surface area (TPSA) is 184 Å². The Bertz CT molecular complexity index is 1900. The van der Waals surface area contributed by atoms with Gasteiger partial charge in [0.2, 0.25) is 5.52 Å². The van der Waals surface area contributed by atoms with Gasteiger partial charge in [0.1, 0.15) is 34.9 Å². The number of halogens is 3. The van der Waals surface area contributed by atoms with Crippen LogP contribution in [-0.2, 0) is 27.3 Å². The summed E-state index contributed by atoms with van der Waals surface area (Å²) in [7, 11) is 0. The Labute approximate surface area is 279 Å². The molecule has 16 heteroatoms. The van der Waals surface area contributed by atoms with Gasteiger partial charge in [0.05, 0.1) is 6.54 Å². The zero-order chi connectivity index (χ0) is 36.3. The fourth-order valence-corrected chi connectivity index (χ4v) is 4.58. The Balaban J connectivity index is 1.57. The van der Waals surface area contributed by atoms with Gasteiger partial charge in [0.25, 0.3) is 11.5 Å². The maximum atomic E-state index is 13.7. The highest BCUT2D eigenvalue weighted by molar-refractivity contribution is 5.99. The fourth-order valence-electron chi connectivity index (χ4n) is 4.58. The van der Waals surface area contributed by atoms with Crippen LogP contribution in [-0.4, -0.2) is 56.2 Å². The third kappa shape index (κ3) is 9.98. The third-order valence-corrected chi connectivity index (χ3v) is 6.58. The first-order valence-corrected chi connectivity index (χ1v) is 15.1. The fraction of sp³-hybridized carbons (Fsp3) is 0.364. The van der Waals surface area contributed by atoms with Crippen molar-refractivity contribution < 1.29 is 42.0 Å². The van der Waals surface area contributed by atoms with Gasteiger partial charge in [-0.05, 0) is 88.5 Å². The second-order valence-electron chi connectivity index (χ2n) is 13.1. The summed E-state index contributed by atoms with van der Waals surface area (Å²) in [6.07, 6.45) is -4.00. The molecule has 0 spiro atoms. The van der Waals surface area contributed by atoms with E-state index in [-0.39, 0.29) is 40.5 Å². The number of fused-ring (bicyclic) bond motifs is 1.